The second-order valence-electron chi connectivity index (χ2n) is 7.56. The van der Waals surface area contributed by atoms with Gasteiger partial charge in [0.1, 0.15) is 6.33 Å². The van der Waals surface area contributed by atoms with Crippen LogP contribution in [0.5, 0.6) is 0 Å². The lowest BCUT2D eigenvalue weighted by Crippen LogP contribution is -2.47. The van der Waals surface area contributed by atoms with Gasteiger partial charge in [-0.3, -0.25) is 14.6 Å². The maximum Gasteiger partial charge on any atom is 0.253 e. The number of aromatic nitrogens is 3. The number of carbonyl (C=O) groups is 2. The van der Waals surface area contributed by atoms with Gasteiger partial charge in [0, 0.05) is 67.9 Å². The fourth-order valence-electron chi connectivity index (χ4n) is 4.23. The van der Waals surface area contributed by atoms with E-state index in [2.05, 4.69) is 15.0 Å². The van der Waals surface area contributed by atoms with Crippen molar-refractivity contribution >= 4 is 11.8 Å². The van der Waals surface area contributed by atoms with Crippen LogP contribution in [0.25, 0.3) is 0 Å². The molecule has 1 atom stereocenters. The van der Waals surface area contributed by atoms with E-state index in [4.69, 9.17) is 0 Å². The van der Waals surface area contributed by atoms with Crippen molar-refractivity contribution in [3.63, 3.8) is 0 Å². The topological polar surface area (TPSA) is 79.3 Å². The van der Waals surface area contributed by atoms with E-state index in [0.717, 1.165) is 44.5 Å². The predicted molar refractivity (Wildman–Crippen MR) is 103 cm³/mol. The molecule has 7 heteroatoms. The molecular weight excluding hydrogens is 354 g/mol. The summed E-state index contributed by atoms with van der Waals surface area (Å²) in [5, 5.41) is 0. The highest BCUT2D eigenvalue weighted by atomic mass is 16.2. The molecule has 0 N–H and O–H groups in total. The fourth-order valence-corrected chi connectivity index (χ4v) is 4.23. The van der Waals surface area contributed by atoms with Crippen molar-refractivity contribution in [2.24, 2.45) is 5.92 Å². The molecule has 146 valence electrons. The summed E-state index contributed by atoms with van der Waals surface area (Å²) in [6.45, 7) is 2.80. The Balaban J connectivity index is 1.33. The second-order valence-corrected chi connectivity index (χ2v) is 7.56. The number of piperidine rings is 2. The van der Waals surface area contributed by atoms with E-state index in [1.54, 1.807) is 37.1 Å². The van der Waals surface area contributed by atoms with Crippen molar-refractivity contribution < 1.29 is 9.59 Å². The Labute approximate surface area is 164 Å². The molecule has 2 fully saturated rings. The zero-order valence-electron chi connectivity index (χ0n) is 15.9. The van der Waals surface area contributed by atoms with Crippen LogP contribution >= 0.6 is 0 Å². The van der Waals surface area contributed by atoms with Crippen molar-refractivity contribution in [3.05, 3.63) is 54.4 Å². The van der Waals surface area contributed by atoms with Gasteiger partial charge in [0.2, 0.25) is 5.91 Å². The standard InChI is InChI=1S/C21H25N5O2/c27-20(16-3-8-22-9-4-16)25-12-6-17(7-13-25)21(28)26-11-1-2-18(14-26)19-5-10-23-15-24-19/h3-5,8-10,15,17-18H,1-2,6-7,11-14H2/t18-/m1/s1. The summed E-state index contributed by atoms with van der Waals surface area (Å²) in [5.41, 5.74) is 1.67. The van der Waals surface area contributed by atoms with Crippen LogP contribution in [0.4, 0.5) is 0 Å². The lowest BCUT2D eigenvalue weighted by molar-refractivity contribution is -0.138. The number of hydrogen-bond donors (Lipinski definition) is 0. The number of carbonyl (C=O) groups excluding carboxylic acids is 2. The van der Waals surface area contributed by atoms with Gasteiger partial charge in [0.05, 0.1) is 0 Å². The molecule has 2 aromatic rings. The minimum Gasteiger partial charge on any atom is -0.342 e. The van der Waals surface area contributed by atoms with Gasteiger partial charge >= 0.3 is 0 Å². The zero-order chi connectivity index (χ0) is 19.3. The normalized spacial score (nSPS) is 20.8. The van der Waals surface area contributed by atoms with Crippen molar-refractivity contribution in [2.75, 3.05) is 26.2 Å². The van der Waals surface area contributed by atoms with Gasteiger partial charge < -0.3 is 9.80 Å². The van der Waals surface area contributed by atoms with Gasteiger partial charge in [-0.15, -0.1) is 0 Å². The third-order valence-electron chi connectivity index (χ3n) is 5.81. The van der Waals surface area contributed by atoms with Gasteiger partial charge in [0.15, 0.2) is 0 Å². The summed E-state index contributed by atoms with van der Waals surface area (Å²) in [7, 11) is 0. The van der Waals surface area contributed by atoms with Crippen LogP contribution < -0.4 is 0 Å². The van der Waals surface area contributed by atoms with Crippen molar-refractivity contribution in [2.45, 2.75) is 31.6 Å². The molecule has 0 aliphatic carbocycles. The Morgan fingerprint density at radius 1 is 0.893 bits per heavy atom. The summed E-state index contributed by atoms with van der Waals surface area (Å²) in [6, 6.07) is 5.42. The van der Waals surface area contributed by atoms with Crippen LogP contribution in [-0.2, 0) is 4.79 Å². The van der Waals surface area contributed by atoms with E-state index in [0.29, 0.717) is 18.7 Å². The maximum absolute atomic E-state index is 13.1. The van der Waals surface area contributed by atoms with Gasteiger partial charge in [0.25, 0.3) is 5.91 Å². The SMILES string of the molecule is O=C(c1ccncc1)N1CCC(C(=O)N2CCC[C@@H](c3ccncn3)C2)CC1. The second kappa shape index (κ2) is 8.46. The van der Waals surface area contributed by atoms with Gasteiger partial charge in [-0.2, -0.15) is 0 Å². The average molecular weight is 379 g/mol. The molecule has 2 aliphatic rings. The quantitative estimate of drug-likeness (QED) is 0.816. The highest BCUT2D eigenvalue weighted by Gasteiger charge is 2.33. The molecule has 4 heterocycles. The Hall–Kier alpha value is -2.83. The summed E-state index contributed by atoms with van der Waals surface area (Å²) in [4.78, 5) is 41.8. The van der Waals surface area contributed by atoms with E-state index in [-0.39, 0.29) is 23.7 Å². The van der Waals surface area contributed by atoms with E-state index in [1.165, 1.54) is 0 Å². The molecule has 2 aromatic heterocycles. The molecule has 0 radical (unpaired) electrons. The highest BCUT2D eigenvalue weighted by molar-refractivity contribution is 5.94. The van der Waals surface area contributed by atoms with Crippen molar-refractivity contribution in [1.29, 1.82) is 0 Å². The third kappa shape index (κ3) is 4.03. The van der Waals surface area contributed by atoms with Gasteiger partial charge in [-0.05, 0) is 43.9 Å². The third-order valence-corrected chi connectivity index (χ3v) is 5.81. The lowest BCUT2D eigenvalue weighted by Gasteiger charge is -2.37. The Bertz CT molecular complexity index is 806. The molecule has 28 heavy (non-hydrogen) atoms. The van der Waals surface area contributed by atoms with Crippen molar-refractivity contribution in [3.8, 4) is 0 Å². The van der Waals surface area contributed by atoms with Crippen LogP contribution in [0.15, 0.2) is 43.1 Å². The molecule has 7 nitrogen and oxygen atoms in total. The number of nitrogens with zero attached hydrogens (tertiary/aromatic N) is 5. The predicted octanol–water partition coefficient (Wildman–Crippen LogP) is 2.13. The minimum atomic E-state index is 0.00522. The Morgan fingerprint density at radius 2 is 1.64 bits per heavy atom. The summed E-state index contributed by atoms with van der Waals surface area (Å²) in [6.07, 6.45) is 10.1. The summed E-state index contributed by atoms with van der Waals surface area (Å²) < 4.78 is 0. The minimum absolute atomic E-state index is 0.00522. The molecule has 0 bridgehead atoms. The zero-order valence-corrected chi connectivity index (χ0v) is 15.9. The van der Waals surface area contributed by atoms with E-state index in [9.17, 15) is 9.59 Å². The molecule has 4 rings (SSSR count). The highest BCUT2D eigenvalue weighted by Crippen LogP contribution is 2.28. The molecule has 0 spiro atoms. The molecule has 2 amide bonds. The number of likely N-dealkylation sites (tertiary alicyclic amines) is 2. The molecule has 2 saturated heterocycles. The van der Waals surface area contributed by atoms with Crippen LogP contribution in [0.3, 0.4) is 0 Å². The molecule has 0 unspecified atom stereocenters. The van der Waals surface area contributed by atoms with Crippen LogP contribution in [0.1, 0.15) is 47.7 Å². The largest absolute Gasteiger partial charge is 0.342 e. The molecule has 0 saturated carbocycles. The summed E-state index contributed by atoms with van der Waals surface area (Å²) >= 11 is 0. The van der Waals surface area contributed by atoms with Gasteiger partial charge in [-0.1, -0.05) is 0 Å². The number of rotatable bonds is 3. The lowest BCUT2D eigenvalue weighted by atomic mass is 9.90. The first-order valence-corrected chi connectivity index (χ1v) is 9.96. The first-order chi connectivity index (χ1) is 13.7. The molecule has 2 aliphatic heterocycles. The average Bonchev–Trinajstić information content (AvgIpc) is 2.79. The number of pyridine rings is 1. The molecule has 0 aromatic carbocycles. The van der Waals surface area contributed by atoms with Crippen LogP contribution in [0.2, 0.25) is 0 Å². The molecular formula is C21H25N5O2. The Morgan fingerprint density at radius 3 is 2.36 bits per heavy atom. The number of hydrogen-bond acceptors (Lipinski definition) is 5. The fraction of sp³-hybridized carbons (Fsp3) is 0.476. The Kier molecular flexibility index (Phi) is 5.60. The smallest absolute Gasteiger partial charge is 0.253 e. The van der Waals surface area contributed by atoms with Gasteiger partial charge in [-0.25, -0.2) is 9.97 Å². The maximum atomic E-state index is 13.1. The summed E-state index contributed by atoms with van der Waals surface area (Å²) in [5.74, 6) is 0.546. The van der Waals surface area contributed by atoms with E-state index < -0.39 is 0 Å². The monoisotopic (exact) mass is 379 g/mol. The van der Waals surface area contributed by atoms with E-state index >= 15 is 0 Å². The van der Waals surface area contributed by atoms with Crippen LogP contribution in [-0.4, -0.2) is 62.7 Å². The first-order valence-electron chi connectivity index (χ1n) is 9.96. The number of amides is 2. The van der Waals surface area contributed by atoms with E-state index in [1.807, 2.05) is 15.9 Å². The first kappa shape index (κ1) is 18.5. The van der Waals surface area contributed by atoms with Crippen molar-refractivity contribution in [1.82, 2.24) is 24.8 Å². The van der Waals surface area contributed by atoms with Crippen LogP contribution in [0, 0.1) is 5.92 Å².